The molecule has 1 atom stereocenters. The number of benzene rings is 2. The lowest BCUT2D eigenvalue weighted by atomic mass is 10.1. The molecule has 0 fully saturated rings. The van der Waals surface area contributed by atoms with E-state index in [0.29, 0.717) is 11.5 Å². The number of rotatable bonds is 2. The van der Waals surface area contributed by atoms with Crippen molar-refractivity contribution in [1.82, 2.24) is 9.55 Å². The summed E-state index contributed by atoms with van der Waals surface area (Å²) in [5.41, 5.74) is 9.54. The monoisotopic (exact) mass is 303 g/mol. The molecule has 2 N–H and O–H groups in total. The van der Waals surface area contributed by atoms with E-state index < -0.39 is 5.82 Å². The van der Waals surface area contributed by atoms with Crippen LogP contribution in [0.3, 0.4) is 0 Å². The van der Waals surface area contributed by atoms with Crippen molar-refractivity contribution in [1.29, 1.82) is 0 Å². The average molecular weight is 304 g/mol. The summed E-state index contributed by atoms with van der Waals surface area (Å²) in [6.45, 7) is 4.07. The number of aromatic nitrogens is 2. The number of nitrogens with two attached hydrogens (primary N) is 1. The number of hydrogen-bond donors (Lipinski definition) is 1. The maximum Gasteiger partial charge on any atom is 0.201 e. The molecule has 0 aliphatic rings. The number of nitrogens with zero attached hydrogens (tertiary/aromatic N) is 2. The normalized spacial score (nSPS) is 12.8. The van der Waals surface area contributed by atoms with Crippen molar-refractivity contribution >= 4 is 28.6 Å². The molecule has 0 aliphatic heterocycles. The van der Waals surface area contributed by atoms with Crippen LogP contribution >= 0.6 is 11.6 Å². The van der Waals surface area contributed by atoms with Crippen LogP contribution in [0.2, 0.25) is 5.02 Å². The lowest BCUT2D eigenvalue weighted by molar-refractivity contribution is 0.629. The third kappa shape index (κ3) is 2.36. The lowest BCUT2D eigenvalue weighted by Gasteiger charge is -2.17. The zero-order valence-electron chi connectivity index (χ0n) is 11.8. The molecule has 0 spiro atoms. The fourth-order valence-corrected chi connectivity index (χ4v) is 2.67. The van der Waals surface area contributed by atoms with E-state index in [4.69, 9.17) is 17.3 Å². The summed E-state index contributed by atoms with van der Waals surface area (Å²) in [6, 6.07) is 11.1. The van der Waals surface area contributed by atoms with Crippen LogP contribution in [0.1, 0.15) is 24.1 Å². The van der Waals surface area contributed by atoms with Crippen molar-refractivity contribution in [3.8, 4) is 0 Å². The smallest absolute Gasteiger partial charge is 0.201 e. The average Bonchev–Trinajstić information content (AvgIpc) is 2.75. The number of fused-ring (bicyclic) bond motifs is 1. The summed E-state index contributed by atoms with van der Waals surface area (Å²) >= 11 is 5.88. The summed E-state index contributed by atoms with van der Waals surface area (Å²) in [4.78, 5) is 4.22. The molecular weight excluding hydrogens is 289 g/mol. The van der Waals surface area contributed by atoms with Gasteiger partial charge in [0, 0.05) is 6.07 Å². The fourth-order valence-electron chi connectivity index (χ4n) is 2.51. The highest BCUT2D eigenvalue weighted by atomic mass is 35.5. The van der Waals surface area contributed by atoms with Crippen LogP contribution in [0, 0.1) is 12.7 Å². The molecule has 0 bridgehead atoms. The molecule has 2 aromatic carbocycles. The van der Waals surface area contributed by atoms with E-state index in [2.05, 4.69) is 17.1 Å². The number of aryl methyl sites for hydroxylation is 1. The second-order valence-electron chi connectivity index (χ2n) is 5.18. The van der Waals surface area contributed by atoms with Crippen molar-refractivity contribution in [2.75, 3.05) is 5.73 Å². The molecule has 3 nitrogen and oxygen atoms in total. The van der Waals surface area contributed by atoms with Gasteiger partial charge in [0.05, 0.1) is 22.1 Å². The highest BCUT2D eigenvalue weighted by Gasteiger charge is 2.17. The highest BCUT2D eigenvalue weighted by molar-refractivity contribution is 6.31. The van der Waals surface area contributed by atoms with Gasteiger partial charge < -0.3 is 10.3 Å². The van der Waals surface area contributed by atoms with E-state index in [0.717, 1.165) is 11.1 Å². The lowest BCUT2D eigenvalue weighted by Crippen LogP contribution is -2.10. The first-order valence-corrected chi connectivity index (χ1v) is 7.04. The van der Waals surface area contributed by atoms with Gasteiger partial charge in [-0.15, -0.1) is 0 Å². The summed E-state index contributed by atoms with van der Waals surface area (Å²) in [6.07, 6.45) is 0. The molecule has 21 heavy (non-hydrogen) atoms. The van der Waals surface area contributed by atoms with Crippen LogP contribution < -0.4 is 5.73 Å². The minimum absolute atomic E-state index is 0.0165. The molecule has 0 radical (unpaired) electrons. The Hall–Kier alpha value is -2.07. The molecule has 3 aromatic rings. The minimum atomic E-state index is -0.489. The summed E-state index contributed by atoms with van der Waals surface area (Å²) in [5.74, 6) is -0.142. The van der Waals surface area contributed by atoms with E-state index in [1.807, 2.05) is 30.5 Å². The zero-order valence-corrected chi connectivity index (χ0v) is 12.5. The number of halogens is 2. The second-order valence-corrected chi connectivity index (χ2v) is 5.59. The molecule has 0 saturated heterocycles. The molecule has 5 heteroatoms. The maximum atomic E-state index is 13.5. The molecule has 1 aromatic heterocycles. The summed E-state index contributed by atoms with van der Waals surface area (Å²) < 4.78 is 15.4. The van der Waals surface area contributed by atoms with Gasteiger partial charge in [0.15, 0.2) is 0 Å². The van der Waals surface area contributed by atoms with Crippen molar-refractivity contribution in [3.05, 3.63) is 58.4 Å². The van der Waals surface area contributed by atoms with Gasteiger partial charge >= 0.3 is 0 Å². The van der Waals surface area contributed by atoms with E-state index in [1.54, 1.807) is 6.07 Å². The molecule has 3 rings (SSSR count). The number of hydrogen-bond acceptors (Lipinski definition) is 2. The van der Waals surface area contributed by atoms with E-state index in [-0.39, 0.29) is 11.1 Å². The predicted molar refractivity (Wildman–Crippen MR) is 84.1 cm³/mol. The second kappa shape index (κ2) is 5.04. The van der Waals surface area contributed by atoms with Crippen LogP contribution in [0.15, 0.2) is 36.4 Å². The fraction of sp³-hybridized carbons (Fsp3) is 0.188. The van der Waals surface area contributed by atoms with Crippen molar-refractivity contribution in [3.63, 3.8) is 0 Å². The van der Waals surface area contributed by atoms with Crippen LogP contribution in [0.25, 0.3) is 11.0 Å². The van der Waals surface area contributed by atoms with Crippen LogP contribution in [0.4, 0.5) is 10.3 Å². The Morgan fingerprint density at radius 1 is 1.24 bits per heavy atom. The number of imidazole rings is 1. The van der Waals surface area contributed by atoms with E-state index in [1.165, 1.54) is 11.6 Å². The Morgan fingerprint density at radius 2 is 1.90 bits per heavy atom. The van der Waals surface area contributed by atoms with E-state index in [9.17, 15) is 4.39 Å². The molecule has 0 aliphatic carbocycles. The molecule has 1 heterocycles. The van der Waals surface area contributed by atoms with Gasteiger partial charge in [-0.2, -0.15) is 0 Å². The van der Waals surface area contributed by atoms with Gasteiger partial charge in [0.25, 0.3) is 0 Å². The topological polar surface area (TPSA) is 43.8 Å². The summed E-state index contributed by atoms with van der Waals surface area (Å²) in [7, 11) is 0. The SMILES string of the molecule is Cc1ccc(C(C)n2c(N)nc3cc(F)c(Cl)cc32)cc1. The number of nitrogen functional groups attached to an aromatic ring is 1. The Bertz CT molecular complexity index is 808. The molecule has 108 valence electrons. The van der Waals surface area contributed by atoms with Gasteiger partial charge in [-0.05, 0) is 25.5 Å². The van der Waals surface area contributed by atoms with E-state index >= 15 is 0 Å². The number of anilines is 1. The van der Waals surface area contributed by atoms with Crippen molar-refractivity contribution < 1.29 is 4.39 Å². The first-order valence-electron chi connectivity index (χ1n) is 6.66. The van der Waals surface area contributed by atoms with Gasteiger partial charge in [-0.1, -0.05) is 41.4 Å². The first-order chi connectivity index (χ1) is 9.97. The van der Waals surface area contributed by atoms with Crippen molar-refractivity contribution in [2.45, 2.75) is 19.9 Å². The van der Waals surface area contributed by atoms with Crippen molar-refractivity contribution in [2.24, 2.45) is 0 Å². The Kier molecular flexibility index (Phi) is 3.33. The molecule has 1 unspecified atom stereocenters. The largest absolute Gasteiger partial charge is 0.369 e. The minimum Gasteiger partial charge on any atom is -0.369 e. The van der Waals surface area contributed by atoms with Crippen LogP contribution in [-0.2, 0) is 0 Å². The van der Waals surface area contributed by atoms with Gasteiger partial charge in [0.1, 0.15) is 5.82 Å². The first kappa shape index (κ1) is 13.9. The van der Waals surface area contributed by atoms with Gasteiger partial charge in [-0.25, -0.2) is 9.37 Å². The highest BCUT2D eigenvalue weighted by Crippen LogP contribution is 2.30. The Labute approximate surface area is 127 Å². The van der Waals surface area contributed by atoms with Gasteiger partial charge in [0.2, 0.25) is 5.95 Å². The predicted octanol–water partition coefficient (Wildman–Crippen LogP) is 4.33. The Balaban J connectivity index is 2.17. The maximum absolute atomic E-state index is 13.5. The zero-order chi connectivity index (χ0) is 15.1. The van der Waals surface area contributed by atoms with Crippen LogP contribution in [-0.4, -0.2) is 9.55 Å². The van der Waals surface area contributed by atoms with Crippen LogP contribution in [0.5, 0.6) is 0 Å². The standard InChI is InChI=1S/C16H15ClFN3/c1-9-3-5-11(6-4-9)10(2)21-15-7-12(17)13(18)8-14(15)20-16(21)19/h3-8,10H,1-2H3,(H2,19,20). The third-order valence-electron chi connectivity index (χ3n) is 3.71. The quantitative estimate of drug-likeness (QED) is 0.766. The third-order valence-corrected chi connectivity index (χ3v) is 4.00. The molecule has 0 saturated carbocycles. The Morgan fingerprint density at radius 3 is 2.57 bits per heavy atom. The molecule has 0 amide bonds. The molecular formula is C16H15ClFN3. The summed E-state index contributed by atoms with van der Waals surface area (Å²) in [5, 5.41) is 0.0692. The van der Waals surface area contributed by atoms with Gasteiger partial charge in [-0.3, -0.25) is 0 Å².